The Bertz CT molecular complexity index is 972. The highest BCUT2D eigenvalue weighted by atomic mass is 15.1. The molecule has 0 bridgehead atoms. The van der Waals surface area contributed by atoms with Crippen molar-refractivity contribution in [1.29, 1.82) is 0 Å². The van der Waals surface area contributed by atoms with Crippen LogP contribution in [0.2, 0.25) is 0 Å². The van der Waals surface area contributed by atoms with Gasteiger partial charge in [-0.3, -0.25) is 0 Å². The maximum atomic E-state index is 4.39. The van der Waals surface area contributed by atoms with Crippen molar-refractivity contribution in [3.63, 3.8) is 0 Å². The van der Waals surface area contributed by atoms with Gasteiger partial charge in [0.15, 0.2) is 0 Å². The van der Waals surface area contributed by atoms with E-state index in [0.717, 1.165) is 28.2 Å². The summed E-state index contributed by atoms with van der Waals surface area (Å²) in [7, 11) is 0. The molecule has 0 aliphatic carbocycles. The van der Waals surface area contributed by atoms with Crippen LogP contribution >= 0.6 is 0 Å². The lowest BCUT2D eigenvalue weighted by Gasteiger charge is -2.06. The smallest absolute Gasteiger partial charge is 0.0942 e. The van der Waals surface area contributed by atoms with Crippen LogP contribution in [0.4, 0.5) is 0 Å². The van der Waals surface area contributed by atoms with E-state index in [9.17, 15) is 0 Å². The molecular formula is C21H18N2. The summed E-state index contributed by atoms with van der Waals surface area (Å²) in [5.74, 6) is 0. The van der Waals surface area contributed by atoms with Crippen LogP contribution in [0.5, 0.6) is 0 Å². The molecule has 0 atom stereocenters. The van der Waals surface area contributed by atoms with Crippen molar-refractivity contribution in [1.82, 2.24) is 10.2 Å². The standard InChI is InChI=1S/C21H18N2/c1-2-5-15-8-10-16(11-9-15)17-12-13-19-18-6-3-4-7-20(18)22-23-21(19)14-17/h3-4,6-14H,2,5H2,1H3. The first-order chi connectivity index (χ1) is 11.3. The number of hydrogen-bond donors (Lipinski definition) is 0. The molecule has 0 unspecified atom stereocenters. The summed E-state index contributed by atoms with van der Waals surface area (Å²) in [6, 6.07) is 23.4. The fourth-order valence-electron chi connectivity index (χ4n) is 3.07. The molecule has 23 heavy (non-hydrogen) atoms. The predicted octanol–water partition coefficient (Wildman–Crippen LogP) is 5.40. The van der Waals surface area contributed by atoms with Gasteiger partial charge >= 0.3 is 0 Å². The quantitative estimate of drug-likeness (QED) is 0.473. The van der Waals surface area contributed by atoms with E-state index in [2.05, 4.69) is 65.7 Å². The van der Waals surface area contributed by atoms with E-state index in [-0.39, 0.29) is 0 Å². The molecule has 0 radical (unpaired) electrons. The van der Waals surface area contributed by atoms with Crippen LogP contribution in [-0.4, -0.2) is 10.2 Å². The van der Waals surface area contributed by atoms with Crippen LogP contribution in [0.3, 0.4) is 0 Å². The minimum absolute atomic E-state index is 0.941. The van der Waals surface area contributed by atoms with E-state index in [0.29, 0.717) is 0 Å². The molecule has 3 aromatic carbocycles. The predicted molar refractivity (Wildman–Crippen MR) is 96.5 cm³/mol. The van der Waals surface area contributed by atoms with E-state index in [4.69, 9.17) is 0 Å². The van der Waals surface area contributed by atoms with Crippen LogP contribution in [0, 0.1) is 0 Å². The second kappa shape index (κ2) is 5.81. The average molecular weight is 298 g/mol. The molecule has 4 aromatic rings. The van der Waals surface area contributed by atoms with Crippen molar-refractivity contribution in [2.45, 2.75) is 19.8 Å². The van der Waals surface area contributed by atoms with E-state index in [1.54, 1.807) is 0 Å². The molecule has 0 spiro atoms. The Hall–Kier alpha value is -2.74. The third-order valence-corrected chi connectivity index (χ3v) is 4.28. The summed E-state index contributed by atoms with van der Waals surface area (Å²) in [4.78, 5) is 0. The van der Waals surface area contributed by atoms with Crippen LogP contribution < -0.4 is 0 Å². The number of benzene rings is 3. The van der Waals surface area contributed by atoms with Gasteiger partial charge in [0, 0.05) is 10.8 Å². The first-order valence-electron chi connectivity index (χ1n) is 8.09. The number of nitrogens with zero attached hydrogens (tertiary/aromatic N) is 2. The molecule has 4 rings (SSSR count). The monoisotopic (exact) mass is 298 g/mol. The van der Waals surface area contributed by atoms with Crippen molar-refractivity contribution in [2.75, 3.05) is 0 Å². The van der Waals surface area contributed by atoms with Crippen LogP contribution in [-0.2, 0) is 6.42 Å². The summed E-state index contributed by atoms with van der Waals surface area (Å²) in [6.45, 7) is 2.21. The highest BCUT2D eigenvalue weighted by Crippen LogP contribution is 2.27. The Morgan fingerprint density at radius 3 is 2.22 bits per heavy atom. The van der Waals surface area contributed by atoms with Gasteiger partial charge in [0.2, 0.25) is 0 Å². The Morgan fingerprint density at radius 2 is 1.39 bits per heavy atom. The summed E-state index contributed by atoms with van der Waals surface area (Å²) < 4.78 is 0. The van der Waals surface area contributed by atoms with E-state index < -0.39 is 0 Å². The summed E-state index contributed by atoms with van der Waals surface area (Å²) in [5, 5.41) is 11.0. The molecule has 2 heteroatoms. The van der Waals surface area contributed by atoms with Gasteiger partial charge < -0.3 is 0 Å². The van der Waals surface area contributed by atoms with Crippen molar-refractivity contribution in [2.24, 2.45) is 0 Å². The topological polar surface area (TPSA) is 25.8 Å². The van der Waals surface area contributed by atoms with E-state index in [1.807, 2.05) is 18.2 Å². The fraction of sp³-hybridized carbons (Fsp3) is 0.143. The summed E-state index contributed by atoms with van der Waals surface area (Å²) in [6.07, 6.45) is 2.31. The average Bonchev–Trinajstić information content (AvgIpc) is 2.62. The first-order valence-corrected chi connectivity index (χ1v) is 8.09. The van der Waals surface area contributed by atoms with Crippen molar-refractivity contribution >= 4 is 21.8 Å². The molecule has 0 fully saturated rings. The van der Waals surface area contributed by atoms with Gasteiger partial charge in [-0.15, -0.1) is 10.2 Å². The highest BCUT2D eigenvalue weighted by Gasteiger charge is 2.05. The molecule has 0 aliphatic heterocycles. The summed E-state index contributed by atoms with van der Waals surface area (Å²) in [5.41, 5.74) is 5.69. The fourth-order valence-corrected chi connectivity index (χ4v) is 3.07. The Balaban J connectivity index is 1.81. The normalized spacial score (nSPS) is 11.2. The Labute approximate surface area is 135 Å². The van der Waals surface area contributed by atoms with Gasteiger partial charge in [0.1, 0.15) is 0 Å². The van der Waals surface area contributed by atoms with Crippen molar-refractivity contribution in [3.05, 3.63) is 72.3 Å². The maximum absolute atomic E-state index is 4.39. The molecule has 112 valence electrons. The minimum Gasteiger partial charge on any atom is -0.150 e. The molecule has 0 amide bonds. The van der Waals surface area contributed by atoms with Crippen LogP contribution in [0.1, 0.15) is 18.9 Å². The van der Waals surface area contributed by atoms with Crippen LogP contribution in [0.25, 0.3) is 32.9 Å². The third kappa shape index (κ3) is 2.57. The van der Waals surface area contributed by atoms with Gasteiger partial charge in [0.05, 0.1) is 11.0 Å². The zero-order valence-corrected chi connectivity index (χ0v) is 13.2. The second-order valence-electron chi connectivity index (χ2n) is 5.90. The lowest BCUT2D eigenvalue weighted by Crippen LogP contribution is -1.88. The Morgan fingerprint density at radius 1 is 0.696 bits per heavy atom. The minimum atomic E-state index is 0.941. The number of rotatable bonds is 3. The lowest BCUT2D eigenvalue weighted by molar-refractivity contribution is 0.922. The molecular weight excluding hydrogens is 280 g/mol. The third-order valence-electron chi connectivity index (χ3n) is 4.28. The van der Waals surface area contributed by atoms with E-state index >= 15 is 0 Å². The van der Waals surface area contributed by atoms with Gasteiger partial charge in [-0.2, -0.15) is 0 Å². The number of hydrogen-bond acceptors (Lipinski definition) is 2. The zero-order chi connectivity index (χ0) is 15.6. The molecule has 0 aliphatic rings. The molecule has 0 N–H and O–H groups in total. The molecule has 0 saturated carbocycles. The van der Waals surface area contributed by atoms with E-state index in [1.165, 1.54) is 23.1 Å². The van der Waals surface area contributed by atoms with Gasteiger partial charge in [-0.25, -0.2) is 0 Å². The summed E-state index contributed by atoms with van der Waals surface area (Å²) >= 11 is 0. The number of fused-ring (bicyclic) bond motifs is 3. The molecule has 1 heterocycles. The SMILES string of the molecule is CCCc1ccc(-c2ccc3c(c2)nnc2ccccc23)cc1. The number of aryl methyl sites for hydroxylation is 1. The van der Waals surface area contributed by atoms with Crippen molar-refractivity contribution in [3.8, 4) is 11.1 Å². The van der Waals surface area contributed by atoms with Crippen LogP contribution in [0.15, 0.2) is 66.7 Å². The molecule has 0 saturated heterocycles. The van der Waals surface area contributed by atoms with Gasteiger partial charge in [0.25, 0.3) is 0 Å². The second-order valence-corrected chi connectivity index (χ2v) is 5.90. The van der Waals surface area contributed by atoms with Gasteiger partial charge in [-0.05, 0) is 35.2 Å². The lowest BCUT2D eigenvalue weighted by atomic mass is 10.00. The zero-order valence-electron chi connectivity index (χ0n) is 13.2. The van der Waals surface area contributed by atoms with Gasteiger partial charge in [-0.1, -0.05) is 67.9 Å². The highest BCUT2D eigenvalue weighted by molar-refractivity contribution is 6.04. The largest absolute Gasteiger partial charge is 0.150 e. The number of aromatic nitrogens is 2. The first kappa shape index (κ1) is 13.9. The van der Waals surface area contributed by atoms with Crippen molar-refractivity contribution < 1.29 is 0 Å². The molecule has 1 aromatic heterocycles. The maximum Gasteiger partial charge on any atom is 0.0942 e. The molecule has 2 nitrogen and oxygen atoms in total. The Kier molecular flexibility index (Phi) is 3.51.